The van der Waals surface area contributed by atoms with Crippen molar-refractivity contribution in [2.45, 2.75) is 12.3 Å². The molecule has 3 rings (SSSR count). The highest BCUT2D eigenvalue weighted by Crippen LogP contribution is 2.28. The fourth-order valence-electron chi connectivity index (χ4n) is 2.81. The zero-order chi connectivity index (χ0) is 22.8. The second kappa shape index (κ2) is 11.8. The fraction of sp³-hybridized carbons (Fsp3) is 0.120. The highest BCUT2D eigenvalue weighted by atomic mass is 35.5. The summed E-state index contributed by atoms with van der Waals surface area (Å²) in [6, 6.07) is 26.4. The smallest absolute Gasteiger partial charge is 0.264 e. The van der Waals surface area contributed by atoms with Crippen LogP contribution in [0.3, 0.4) is 0 Å². The number of nitrogens with one attached hydrogen (secondary N) is 2. The lowest BCUT2D eigenvalue weighted by Gasteiger charge is -2.14. The SMILES string of the molecule is COc1cccc(NC(SCc2ccc(Cl)cc2)=C(C#N)C(=O)NCc2ccccc2)c1. The van der Waals surface area contributed by atoms with Crippen LogP contribution in [0.2, 0.25) is 5.02 Å². The third-order valence-corrected chi connectivity index (χ3v) is 5.81. The van der Waals surface area contributed by atoms with Crippen LogP contribution in [-0.4, -0.2) is 13.0 Å². The van der Waals surface area contributed by atoms with Gasteiger partial charge in [-0.1, -0.05) is 60.1 Å². The molecule has 0 aliphatic carbocycles. The Hall–Kier alpha value is -3.40. The van der Waals surface area contributed by atoms with Gasteiger partial charge in [0.05, 0.1) is 12.1 Å². The summed E-state index contributed by atoms with van der Waals surface area (Å²) in [6.45, 7) is 0.332. The molecule has 0 aliphatic heterocycles. The van der Waals surface area contributed by atoms with Crippen molar-refractivity contribution < 1.29 is 9.53 Å². The third-order valence-electron chi connectivity index (χ3n) is 4.49. The van der Waals surface area contributed by atoms with Gasteiger partial charge in [0, 0.05) is 29.1 Å². The Kier molecular flexibility index (Phi) is 8.61. The van der Waals surface area contributed by atoms with Crippen LogP contribution in [0.15, 0.2) is 89.5 Å². The molecule has 0 spiro atoms. The molecule has 5 nitrogen and oxygen atoms in total. The Morgan fingerprint density at radius 1 is 1.03 bits per heavy atom. The predicted octanol–water partition coefficient (Wildman–Crippen LogP) is 5.75. The summed E-state index contributed by atoms with van der Waals surface area (Å²) in [5.74, 6) is 0.787. The van der Waals surface area contributed by atoms with Crippen molar-refractivity contribution in [1.29, 1.82) is 5.26 Å². The summed E-state index contributed by atoms with van der Waals surface area (Å²) in [7, 11) is 1.59. The number of amides is 1. The Labute approximate surface area is 197 Å². The minimum absolute atomic E-state index is 0.0164. The summed E-state index contributed by atoms with van der Waals surface area (Å²) in [5.41, 5.74) is 2.70. The number of nitrogens with zero attached hydrogens (tertiary/aromatic N) is 1. The van der Waals surface area contributed by atoms with Crippen LogP contribution >= 0.6 is 23.4 Å². The van der Waals surface area contributed by atoms with Gasteiger partial charge in [0.25, 0.3) is 5.91 Å². The number of hydrogen-bond acceptors (Lipinski definition) is 5. The highest BCUT2D eigenvalue weighted by Gasteiger charge is 2.17. The highest BCUT2D eigenvalue weighted by molar-refractivity contribution is 8.02. The zero-order valence-corrected chi connectivity index (χ0v) is 19.0. The molecule has 3 aromatic carbocycles. The second-order valence-corrected chi connectivity index (χ2v) is 8.18. The summed E-state index contributed by atoms with van der Waals surface area (Å²) >= 11 is 7.35. The Bertz CT molecular complexity index is 1130. The molecule has 0 aromatic heterocycles. The van der Waals surface area contributed by atoms with Crippen LogP contribution < -0.4 is 15.4 Å². The van der Waals surface area contributed by atoms with E-state index < -0.39 is 5.91 Å². The molecular weight excluding hydrogens is 442 g/mol. The first-order chi connectivity index (χ1) is 15.6. The first-order valence-electron chi connectivity index (χ1n) is 9.84. The van der Waals surface area contributed by atoms with E-state index >= 15 is 0 Å². The number of thioether (sulfide) groups is 1. The van der Waals surface area contributed by atoms with Gasteiger partial charge in [-0.05, 0) is 35.4 Å². The molecule has 1 amide bonds. The molecule has 0 bridgehead atoms. The molecule has 0 aliphatic rings. The second-order valence-electron chi connectivity index (χ2n) is 6.76. The van der Waals surface area contributed by atoms with Gasteiger partial charge in [0.1, 0.15) is 17.4 Å². The maximum Gasteiger partial charge on any atom is 0.264 e. The number of rotatable bonds is 9. The minimum Gasteiger partial charge on any atom is -0.497 e. The number of methoxy groups -OCH3 is 1. The molecule has 162 valence electrons. The molecule has 0 saturated heterocycles. The van der Waals surface area contributed by atoms with Crippen molar-refractivity contribution in [2.75, 3.05) is 12.4 Å². The largest absolute Gasteiger partial charge is 0.497 e. The number of nitriles is 1. The van der Waals surface area contributed by atoms with Gasteiger partial charge >= 0.3 is 0 Å². The van der Waals surface area contributed by atoms with E-state index in [9.17, 15) is 10.1 Å². The first-order valence-corrected chi connectivity index (χ1v) is 11.2. The van der Waals surface area contributed by atoms with E-state index in [1.807, 2.05) is 72.8 Å². The molecule has 0 saturated carbocycles. The topological polar surface area (TPSA) is 74.1 Å². The lowest BCUT2D eigenvalue weighted by molar-refractivity contribution is -0.117. The van der Waals surface area contributed by atoms with Crippen LogP contribution in [-0.2, 0) is 17.1 Å². The van der Waals surface area contributed by atoms with E-state index in [0.717, 1.165) is 11.1 Å². The first kappa shape index (κ1) is 23.3. The van der Waals surface area contributed by atoms with Gasteiger partial charge in [-0.3, -0.25) is 4.79 Å². The zero-order valence-electron chi connectivity index (χ0n) is 17.5. The van der Waals surface area contributed by atoms with Gasteiger partial charge < -0.3 is 15.4 Å². The quantitative estimate of drug-likeness (QED) is 0.312. The number of carbonyl (C=O) groups is 1. The average molecular weight is 464 g/mol. The molecular formula is C25H22ClN3O2S. The van der Waals surface area contributed by atoms with E-state index in [2.05, 4.69) is 16.7 Å². The van der Waals surface area contributed by atoms with Crippen molar-refractivity contribution in [3.05, 3.63) is 106 Å². The average Bonchev–Trinajstić information content (AvgIpc) is 2.83. The molecule has 7 heteroatoms. The molecule has 2 N–H and O–H groups in total. The summed E-state index contributed by atoms with van der Waals surface area (Å²) < 4.78 is 5.28. The van der Waals surface area contributed by atoms with E-state index in [1.165, 1.54) is 11.8 Å². The normalized spacial score (nSPS) is 11.2. The maximum atomic E-state index is 12.9. The molecule has 0 unspecified atom stereocenters. The number of ether oxygens (including phenoxy) is 1. The van der Waals surface area contributed by atoms with E-state index in [0.29, 0.717) is 33.8 Å². The standard InChI is InChI=1S/C25H22ClN3O2S/c1-31-22-9-5-8-21(14-22)29-25(32-17-19-10-12-20(26)13-11-19)23(15-27)24(30)28-16-18-6-3-2-4-7-18/h2-14,29H,16-17H2,1H3,(H,28,30). The van der Waals surface area contributed by atoms with Crippen LogP contribution in [0.25, 0.3) is 0 Å². The maximum absolute atomic E-state index is 12.9. The van der Waals surface area contributed by atoms with Crippen LogP contribution in [0, 0.1) is 11.3 Å². The van der Waals surface area contributed by atoms with Crippen LogP contribution in [0.4, 0.5) is 5.69 Å². The van der Waals surface area contributed by atoms with Crippen molar-refractivity contribution in [3.63, 3.8) is 0 Å². The predicted molar refractivity (Wildman–Crippen MR) is 130 cm³/mol. The molecule has 0 heterocycles. The van der Waals surface area contributed by atoms with Crippen molar-refractivity contribution >= 4 is 35.0 Å². The van der Waals surface area contributed by atoms with E-state index in [1.54, 1.807) is 13.2 Å². The Balaban J connectivity index is 1.84. The third kappa shape index (κ3) is 6.81. The monoisotopic (exact) mass is 463 g/mol. The Morgan fingerprint density at radius 2 is 1.78 bits per heavy atom. The van der Waals surface area contributed by atoms with Crippen molar-refractivity contribution in [1.82, 2.24) is 5.32 Å². The molecule has 32 heavy (non-hydrogen) atoms. The van der Waals surface area contributed by atoms with E-state index in [-0.39, 0.29) is 5.57 Å². The van der Waals surface area contributed by atoms with Crippen LogP contribution in [0.1, 0.15) is 11.1 Å². The number of hydrogen-bond donors (Lipinski definition) is 2. The Morgan fingerprint density at radius 3 is 2.47 bits per heavy atom. The van der Waals surface area contributed by atoms with Gasteiger partial charge in [-0.25, -0.2) is 0 Å². The lowest BCUT2D eigenvalue weighted by atomic mass is 10.2. The van der Waals surface area contributed by atoms with Gasteiger partial charge in [0.2, 0.25) is 0 Å². The minimum atomic E-state index is -0.439. The fourth-order valence-corrected chi connectivity index (χ4v) is 3.91. The van der Waals surface area contributed by atoms with E-state index in [4.69, 9.17) is 16.3 Å². The summed E-state index contributed by atoms with van der Waals surface area (Å²) in [6.07, 6.45) is 0. The molecule has 0 atom stereocenters. The number of anilines is 1. The number of halogens is 1. The van der Waals surface area contributed by atoms with Gasteiger partial charge in [0.15, 0.2) is 0 Å². The molecule has 3 aromatic rings. The summed E-state index contributed by atoms with van der Waals surface area (Å²) in [4.78, 5) is 12.9. The van der Waals surface area contributed by atoms with Crippen molar-refractivity contribution in [2.24, 2.45) is 0 Å². The molecule has 0 radical (unpaired) electrons. The lowest BCUT2D eigenvalue weighted by Crippen LogP contribution is -2.25. The number of benzene rings is 3. The van der Waals surface area contributed by atoms with Crippen molar-refractivity contribution in [3.8, 4) is 11.8 Å². The van der Waals surface area contributed by atoms with Gasteiger partial charge in [-0.15, -0.1) is 11.8 Å². The molecule has 0 fully saturated rings. The van der Waals surface area contributed by atoms with Gasteiger partial charge in [-0.2, -0.15) is 5.26 Å². The number of carbonyl (C=O) groups excluding carboxylic acids is 1. The summed E-state index contributed by atoms with van der Waals surface area (Å²) in [5, 5.41) is 17.0. The van der Waals surface area contributed by atoms with Crippen LogP contribution in [0.5, 0.6) is 5.75 Å².